The zero-order chi connectivity index (χ0) is 34.9. The van der Waals surface area contributed by atoms with Gasteiger partial charge in [0.25, 0.3) is 0 Å². The standard InChI is InChI=1S/C46H50O4/c1-6-7-8-9-10-11-12-14-17-32-20-21-35-26-39(43(47-2)28-37(35)24-32)41-30-46(50-5)42(31-45(41)49-4)40-27-36-23-22-34(33-18-15-13-16-19-33)25-38(36)29-44(40)48-3/h13,15-16,18-31H,6-12,14,17H2,1-5H3. The summed E-state index contributed by atoms with van der Waals surface area (Å²) in [6.45, 7) is 2.28. The predicted molar refractivity (Wildman–Crippen MR) is 210 cm³/mol. The monoisotopic (exact) mass is 666 g/mol. The van der Waals surface area contributed by atoms with E-state index in [1.165, 1.54) is 73.4 Å². The van der Waals surface area contributed by atoms with Crippen LogP contribution in [-0.4, -0.2) is 28.4 Å². The molecule has 4 heteroatoms. The molecule has 0 N–H and O–H groups in total. The smallest absolute Gasteiger partial charge is 0.127 e. The van der Waals surface area contributed by atoms with Crippen LogP contribution in [0.1, 0.15) is 63.9 Å². The van der Waals surface area contributed by atoms with E-state index in [4.69, 9.17) is 18.9 Å². The number of aryl methyl sites for hydroxylation is 1. The third-order valence-electron chi connectivity index (χ3n) is 9.91. The first-order valence-electron chi connectivity index (χ1n) is 18.1. The van der Waals surface area contributed by atoms with Gasteiger partial charge in [-0.1, -0.05) is 113 Å². The van der Waals surface area contributed by atoms with Crippen molar-refractivity contribution in [3.63, 3.8) is 0 Å². The first-order chi connectivity index (χ1) is 24.6. The summed E-state index contributed by atoms with van der Waals surface area (Å²) in [5, 5.41) is 4.57. The van der Waals surface area contributed by atoms with Crippen molar-refractivity contribution in [2.45, 2.75) is 64.7 Å². The number of unbranched alkanes of at least 4 members (excludes halogenated alkanes) is 7. The molecule has 0 amide bonds. The molecule has 0 atom stereocenters. The Hall–Kier alpha value is -4.96. The Bertz CT molecular complexity index is 2050. The normalized spacial score (nSPS) is 11.2. The van der Waals surface area contributed by atoms with Crippen molar-refractivity contribution in [1.29, 1.82) is 0 Å². The minimum Gasteiger partial charge on any atom is -0.496 e. The van der Waals surface area contributed by atoms with Crippen molar-refractivity contribution in [1.82, 2.24) is 0 Å². The molecule has 0 unspecified atom stereocenters. The average Bonchev–Trinajstić information content (AvgIpc) is 3.17. The first-order valence-corrected chi connectivity index (χ1v) is 18.1. The van der Waals surface area contributed by atoms with Crippen LogP contribution in [-0.2, 0) is 6.42 Å². The molecule has 0 aliphatic heterocycles. The van der Waals surface area contributed by atoms with Crippen LogP contribution in [0.4, 0.5) is 0 Å². The number of rotatable bonds is 16. The van der Waals surface area contributed by atoms with Crippen LogP contribution in [0, 0.1) is 0 Å². The van der Waals surface area contributed by atoms with Crippen LogP contribution in [0.2, 0.25) is 0 Å². The fourth-order valence-electron chi connectivity index (χ4n) is 7.11. The van der Waals surface area contributed by atoms with E-state index >= 15 is 0 Å². The van der Waals surface area contributed by atoms with E-state index in [2.05, 4.69) is 97.9 Å². The molecular weight excluding hydrogens is 617 g/mol. The second-order valence-electron chi connectivity index (χ2n) is 13.2. The molecule has 0 fully saturated rings. The lowest BCUT2D eigenvalue weighted by Crippen LogP contribution is -1.97. The third-order valence-corrected chi connectivity index (χ3v) is 9.91. The lowest BCUT2D eigenvalue weighted by molar-refractivity contribution is 0.402. The number of methoxy groups -OCH3 is 4. The van der Waals surface area contributed by atoms with Gasteiger partial charge in [-0.05, 0) is 93.5 Å². The second-order valence-corrected chi connectivity index (χ2v) is 13.2. The van der Waals surface area contributed by atoms with Gasteiger partial charge in [0.15, 0.2) is 0 Å². The molecule has 0 aromatic heterocycles. The molecule has 4 nitrogen and oxygen atoms in total. The number of ether oxygens (including phenoxy) is 4. The summed E-state index contributed by atoms with van der Waals surface area (Å²) in [6, 6.07) is 36.5. The molecule has 6 aromatic rings. The van der Waals surface area contributed by atoms with Gasteiger partial charge in [-0.25, -0.2) is 0 Å². The van der Waals surface area contributed by atoms with Crippen molar-refractivity contribution in [3.05, 3.63) is 109 Å². The molecular formula is C46H50O4. The molecule has 0 radical (unpaired) electrons. The van der Waals surface area contributed by atoms with Crippen LogP contribution < -0.4 is 18.9 Å². The van der Waals surface area contributed by atoms with Gasteiger partial charge in [0.05, 0.1) is 28.4 Å². The zero-order valence-corrected chi connectivity index (χ0v) is 30.3. The average molecular weight is 667 g/mol. The van der Waals surface area contributed by atoms with Crippen molar-refractivity contribution in [3.8, 4) is 56.4 Å². The third kappa shape index (κ3) is 7.75. The van der Waals surface area contributed by atoms with Gasteiger partial charge in [0.1, 0.15) is 23.0 Å². The largest absolute Gasteiger partial charge is 0.496 e. The Morgan fingerprint density at radius 3 is 1.42 bits per heavy atom. The molecule has 0 spiro atoms. The fraction of sp³-hybridized carbons (Fsp3) is 0.304. The quantitative estimate of drug-likeness (QED) is 0.0964. The van der Waals surface area contributed by atoms with Gasteiger partial charge in [0, 0.05) is 22.3 Å². The van der Waals surface area contributed by atoms with Gasteiger partial charge in [-0.2, -0.15) is 0 Å². The van der Waals surface area contributed by atoms with Crippen LogP contribution in [0.25, 0.3) is 54.9 Å². The predicted octanol–water partition coefficient (Wildman–Crippen LogP) is 12.7. The highest BCUT2D eigenvalue weighted by molar-refractivity contribution is 5.97. The fourth-order valence-corrected chi connectivity index (χ4v) is 7.11. The number of hydrogen-bond donors (Lipinski definition) is 0. The minimum absolute atomic E-state index is 0.724. The molecule has 0 saturated carbocycles. The van der Waals surface area contributed by atoms with Gasteiger partial charge >= 0.3 is 0 Å². The maximum atomic E-state index is 6.06. The van der Waals surface area contributed by atoms with Crippen molar-refractivity contribution in [2.75, 3.05) is 28.4 Å². The zero-order valence-electron chi connectivity index (χ0n) is 30.3. The highest BCUT2D eigenvalue weighted by atomic mass is 16.5. The van der Waals surface area contributed by atoms with E-state index in [-0.39, 0.29) is 0 Å². The van der Waals surface area contributed by atoms with Gasteiger partial charge in [-0.3, -0.25) is 0 Å². The van der Waals surface area contributed by atoms with E-state index in [9.17, 15) is 0 Å². The lowest BCUT2D eigenvalue weighted by Gasteiger charge is -2.19. The lowest BCUT2D eigenvalue weighted by atomic mass is 9.93. The molecule has 0 saturated heterocycles. The summed E-state index contributed by atoms with van der Waals surface area (Å²) >= 11 is 0. The number of hydrogen-bond acceptors (Lipinski definition) is 4. The Labute approximate surface area is 298 Å². The molecule has 6 rings (SSSR count). The van der Waals surface area contributed by atoms with Crippen LogP contribution >= 0.6 is 0 Å². The van der Waals surface area contributed by atoms with Crippen molar-refractivity contribution in [2.24, 2.45) is 0 Å². The summed E-state index contributed by atoms with van der Waals surface area (Å²) in [6.07, 6.45) is 11.8. The second kappa shape index (κ2) is 16.6. The van der Waals surface area contributed by atoms with Crippen LogP contribution in [0.15, 0.2) is 103 Å². The summed E-state index contributed by atoms with van der Waals surface area (Å²) in [7, 11) is 6.87. The topological polar surface area (TPSA) is 36.9 Å². The summed E-state index contributed by atoms with van der Waals surface area (Å²) in [5.41, 5.74) is 7.41. The van der Waals surface area contributed by atoms with E-state index in [0.29, 0.717) is 0 Å². The van der Waals surface area contributed by atoms with Crippen LogP contribution in [0.5, 0.6) is 23.0 Å². The molecule has 0 bridgehead atoms. The van der Waals surface area contributed by atoms with E-state index < -0.39 is 0 Å². The SMILES string of the molecule is CCCCCCCCCCc1ccc2cc(-c3cc(OC)c(-c4cc5ccc(-c6ccccc6)cc5cc4OC)cc3OC)c(OC)cc2c1. The summed E-state index contributed by atoms with van der Waals surface area (Å²) < 4.78 is 24.1. The van der Waals surface area contributed by atoms with Crippen molar-refractivity contribution < 1.29 is 18.9 Å². The van der Waals surface area contributed by atoms with E-state index in [1.54, 1.807) is 28.4 Å². The Balaban J connectivity index is 1.30. The Kier molecular flexibility index (Phi) is 11.6. The minimum atomic E-state index is 0.724. The molecule has 258 valence electrons. The number of benzene rings is 6. The Morgan fingerprint density at radius 2 is 0.860 bits per heavy atom. The summed E-state index contributed by atoms with van der Waals surface area (Å²) in [5.74, 6) is 3.02. The first kappa shape index (κ1) is 34.9. The number of fused-ring (bicyclic) bond motifs is 2. The van der Waals surface area contributed by atoms with Gasteiger partial charge in [-0.15, -0.1) is 0 Å². The summed E-state index contributed by atoms with van der Waals surface area (Å²) in [4.78, 5) is 0. The molecule has 0 aliphatic carbocycles. The molecule has 0 aliphatic rings. The highest BCUT2D eigenvalue weighted by Gasteiger charge is 2.20. The molecule has 50 heavy (non-hydrogen) atoms. The molecule has 6 aromatic carbocycles. The maximum Gasteiger partial charge on any atom is 0.127 e. The highest BCUT2D eigenvalue weighted by Crippen LogP contribution is 2.47. The molecule has 0 heterocycles. The van der Waals surface area contributed by atoms with Crippen LogP contribution in [0.3, 0.4) is 0 Å². The van der Waals surface area contributed by atoms with Gasteiger partial charge in [0.2, 0.25) is 0 Å². The van der Waals surface area contributed by atoms with Crippen molar-refractivity contribution >= 4 is 21.5 Å². The van der Waals surface area contributed by atoms with Gasteiger partial charge < -0.3 is 18.9 Å². The maximum absolute atomic E-state index is 6.06. The Morgan fingerprint density at radius 1 is 0.380 bits per heavy atom. The van der Waals surface area contributed by atoms with E-state index in [1.807, 2.05) is 12.1 Å². The van der Waals surface area contributed by atoms with E-state index in [0.717, 1.165) is 67.8 Å².